The molecule has 122 valence electrons. The maximum Gasteiger partial charge on any atom is 0.0547 e. The van der Waals surface area contributed by atoms with E-state index in [2.05, 4.69) is 47.4 Å². The van der Waals surface area contributed by atoms with E-state index in [0.29, 0.717) is 11.8 Å². The fourth-order valence-electron chi connectivity index (χ4n) is 3.66. The van der Waals surface area contributed by atoms with Gasteiger partial charge in [-0.15, -0.1) is 0 Å². The predicted molar refractivity (Wildman–Crippen MR) is 95.7 cm³/mol. The maximum absolute atomic E-state index is 10.2. The van der Waals surface area contributed by atoms with Gasteiger partial charge in [-0.25, -0.2) is 0 Å². The molecule has 1 N–H and O–H groups in total. The van der Waals surface area contributed by atoms with Crippen LogP contribution >= 0.6 is 11.6 Å². The van der Waals surface area contributed by atoms with Crippen molar-refractivity contribution in [2.45, 2.75) is 31.9 Å². The third-order valence-corrected chi connectivity index (χ3v) is 5.17. The van der Waals surface area contributed by atoms with Crippen molar-refractivity contribution in [3.63, 3.8) is 0 Å². The summed E-state index contributed by atoms with van der Waals surface area (Å²) < 4.78 is 0. The van der Waals surface area contributed by atoms with Crippen LogP contribution in [0.25, 0.3) is 0 Å². The van der Waals surface area contributed by atoms with Crippen LogP contribution in [0.5, 0.6) is 0 Å². The summed E-state index contributed by atoms with van der Waals surface area (Å²) >= 11 is 6.03. The molecule has 1 aliphatic rings. The Morgan fingerprint density at radius 1 is 1.13 bits per heavy atom. The maximum atomic E-state index is 10.2. The van der Waals surface area contributed by atoms with Gasteiger partial charge in [0.25, 0.3) is 0 Å². The number of hydrogen-bond donors (Lipinski definition) is 1. The molecule has 0 saturated carbocycles. The summed E-state index contributed by atoms with van der Waals surface area (Å²) in [6.07, 6.45) is 0.743. The molecule has 1 saturated heterocycles. The second kappa shape index (κ2) is 7.48. The van der Waals surface area contributed by atoms with Gasteiger partial charge in [-0.3, -0.25) is 4.90 Å². The van der Waals surface area contributed by atoms with E-state index >= 15 is 0 Å². The highest BCUT2D eigenvalue weighted by Gasteiger charge is 2.33. The van der Waals surface area contributed by atoms with Crippen LogP contribution < -0.4 is 0 Å². The number of nitrogens with zero attached hydrogens (tertiary/aromatic N) is 1. The second-order valence-corrected chi connectivity index (χ2v) is 7.01. The molecule has 1 fully saturated rings. The van der Waals surface area contributed by atoms with Crippen molar-refractivity contribution in [3.8, 4) is 0 Å². The van der Waals surface area contributed by atoms with E-state index in [-0.39, 0.29) is 6.10 Å². The molecule has 0 bridgehead atoms. The van der Waals surface area contributed by atoms with E-state index in [9.17, 15) is 5.11 Å². The van der Waals surface area contributed by atoms with E-state index in [4.69, 9.17) is 11.6 Å². The van der Waals surface area contributed by atoms with Gasteiger partial charge < -0.3 is 5.11 Å². The van der Waals surface area contributed by atoms with E-state index < -0.39 is 0 Å². The molecule has 0 spiro atoms. The molecule has 1 heterocycles. The summed E-state index contributed by atoms with van der Waals surface area (Å²) in [5.41, 5.74) is 2.62. The number of rotatable bonds is 4. The summed E-state index contributed by atoms with van der Waals surface area (Å²) in [7, 11) is 0. The average molecular weight is 330 g/mol. The van der Waals surface area contributed by atoms with E-state index in [1.807, 2.05) is 19.1 Å². The van der Waals surface area contributed by atoms with Crippen molar-refractivity contribution < 1.29 is 5.11 Å². The molecular formula is C20H24ClNO. The van der Waals surface area contributed by atoms with E-state index in [0.717, 1.165) is 31.1 Å². The first-order chi connectivity index (χ1) is 11.1. The van der Waals surface area contributed by atoms with Gasteiger partial charge in [0.15, 0.2) is 0 Å². The van der Waals surface area contributed by atoms with Crippen LogP contribution in [0.1, 0.15) is 30.4 Å². The van der Waals surface area contributed by atoms with Crippen LogP contribution in [0.15, 0.2) is 54.6 Å². The first kappa shape index (κ1) is 16.5. The number of likely N-dealkylation sites (tertiary alicyclic amines) is 1. The highest BCUT2D eigenvalue weighted by atomic mass is 35.5. The number of aliphatic hydroxyl groups is 1. The SMILES string of the molecule is C[C@@H](O)[C@@H]1CCN(Cc2ccccc2)CC1c1ccc(Cl)cc1. The van der Waals surface area contributed by atoms with Gasteiger partial charge in [0.1, 0.15) is 0 Å². The molecule has 23 heavy (non-hydrogen) atoms. The van der Waals surface area contributed by atoms with Crippen LogP contribution in [0, 0.1) is 5.92 Å². The fraction of sp³-hybridized carbons (Fsp3) is 0.400. The van der Waals surface area contributed by atoms with Crippen molar-refractivity contribution in [2.24, 2.45) is 5.92 Å². The summed E-state index contributed by atoms with van der Waals surface area (Å²) in [5.74, 6) is 0.660. The number of halogens is 1. The Morgan fingerprint density at radius 2 is 1.83 bits per heavy atom. The topological polar surface area (TPSA) is 23.5 Å². The Labute approximate surface area is 143 Å². The smallest absolute Gasteiger partial charge is 0.0547 e. The molecule has 1 aliphatic heterocycles. The average Bonchev–Trinajstić information content (AvgIpc) is 2.56. The van der Waals surface area contributed by atoms with Gasteiger partial charge >= 0.3 is 0 Å². The zero-order valence-corrected chi connectivity index (χ0v) is 14.3. The minimum absolute atomic E-state index is 0.283. The van der Waals surface area contributed by atoms with Crippen LogP contribution in [0.3, 0.4) is 0 Å². The largest absolute Gasteiger partial charge is 0.393 e. The van der Waals surface area contributed by atoms with Crippen LogP contribution in [-0.4, -0.2) is 29.2 Å². The van der Waals surface area contributed by atoms with Crippen LogP contribution in [0.2, 0.25) is 5.02 Å². The van der Waals surface area contributed by atoms with Gasteiger partial charge in [-0.2, -0.15) is 0 Å². The Morgan fingerprint density at radius 3 is 2.48 bits per heavy atom. The van der Waals surface area contributed by atoms with Crippen molar-refractivity contribution in [2.75, 3.05) is 13.1 Å². The molecule has 2 aromatic rings. The zero-order valence-electron chi connectivity index (χ0n) is 13.5. The van der Waals surface area contributed by atoms with Crippen molar-refractivity contribution in [1.82, 2.24) is 4.90 Å². The standard InChI is InChI=1S/C20H24ClNO/c1-15(23)19-11-12-22(13-16-5-3-2-4-6-16)14-20(19)17-7-9-18(21)10-8-17/h2-10,15,19-20,23H,11-14H2,1H3/t15-,19+,20?/m1/s1. The summed E-state index contributed by atoms with van der Waals surface area (Å²) in [4.78, 5) is 2.49. The highest BCUT2D eigenvalue weighted by molar-refractivity contribution is 6.30. The molecule has 2 aromatic carbocycles. The summed E-state index contributed by atoms with van der Waals surface area (Å²) in [5, 5.41) is 11.0. The van der Waals surface area contributed by atoms with Gasteiger partial charge in [0.2, 0.25) is 0 Å². The Balaban J connectivity index is 1.77. The van der Waals surface area contributed by atoms with Gasteiger partial charge in [0, 0.05) is 24.0 Å². The van der Waals surface area contributed by atoms with Crippen LogP contribution in [-0.2, 0) is 6.54 Å². The lowest BCUT2D eigenvalue weighted by Crippen LogP contribution is -2.42. The highest BCUT2D eigenvalue weighted by Crippen LogP contribution is 2.35. The number of aliphatic hydroxyl groups excluding tert-OH is 1. The van der Waals surface area contributed by atoms with Crippen molar-refractivity contribution in [1.29, 1.82) is 0 Å². The van der Waals surface area contributed by atoms with Crippen molar-refractivity contribution in [3.05, 3.63) is 70.7 Å². The molecule has 3 atom stereocenters. The molecule has 3 heteroatoms. The summed E-state index contributed by atoms with van der Waals surface area (Å²) in [6, 6.07) is 18.7. The lowest BCUT2D eigenvalue weighted by molar-refractivity contribution is 0.0520. The monoisotopic (exact) mass is 329 g/mol. The lowest BCUT2D eigenvalue weighted by Gasteiger charge is -2.40. The summed E-state index contributed by atoms with van der Waals surface area (Å²) in [6.45, 7) is 4.90. The Hall–Kier alpha value is -1.35. The van der Waals surface area contributed by atoms with E-state index in [1.165, 1.54) is 11.1 Å². The molecule has 1 unspecified atom stereocenters. The zero-order chi connectivity index (χ0) is 16.2. The Kier molecular flexibility index (Phi) is 5.37. The lowest BCUT2D eigenvalue weighted by atomic mass is 9.78. The minimum Gasteiger partial charge on any atom is -0.393 e. The molecular weight excluding hydrogens is 306 g/mol. The molecule has 3 rings (SSSR count). The molecule has 0 aromatic heterocycles. The second-order valence-electron chi connectivity index (χ2n) is 6.57. The predicted octanol–water partition coefficient (Wildman–Crippen LogP) is 4.33. The third-order valence-electron chi connectivity index (χ3n) is 4.92. The number of hydrogen-bond acceptors (Lipinski definition) is 2. The quantitative estimate of drug-likeness (QED) is 0.902. The molecule has 0 radical (unpaired) electrons. The van der Waals surface area contributed by atoms with E-state index in [1.54, 1.807) is 0 Å². The first-order valence-electron chi connectivity index (χ1n) is 8.33. The van der Waals surface area contributed by atoms with Gasteiger partial charge in [-0.1, -0.05) is 54.1 Å². The first-order valence-corrected chi connectivity index (χ1v) is 8.71. The van der Waals surface area contributed by atoms with Gasteiger partial charge in [0.05, 0.1) is 6.10 Å². The number of benzene rings is 2. The Bertz CT molecular complexity index is 611. The fourth-order valence-corrected chi connectivity index (χ4v) is 3.79. The normalized spacial score (nSPS) is 23.6. The van der Waals surface area contributed by atoms with Crippen LogP contribution in [0.4, 0.5) is 0 Å². The third kappa shape index (κ3) is 4.14. The molecule has 0 amide bonds. The molecule has 2 nitrogen and oxygen atoms in total. The minimum atomic E-state index is -0.283. The van der Waals surface area contributed by atoms with Gasteiger partial charge in [-0.05, 0) is 49.1 Å². The molecule has 0 aliphatic carbocycles. The van der Waals surface area contributed by atoms with Crippen molar-refractivity contribution >= 4 is 11.6 Å². The number of piperidine rings is 1.